The molecular weight excluding hydrogens is 298 g/mol. The zero-order valence-electron chi connectivity index (χ0n) is 11.1. The molecular formula is C13H14ClN3O2S. The molecule has 0 amide bonds. The van der Waals surface area contributed by atoms with Gasteiger partial charge in [0.05, 0.1) is 11.6 Å². The highest BCUT2D eigenvalue weighted by Gasteiger charge is 2.16. The summed E-state index contributed by atoms with van der Waals surface area (Å²) in [6.45, 7) is 2.36. The summed E-state index contributed by atoms with van der Waals surface area (Å²) in [5, 5.41) is 13.0. The maximum absolute atomic E-state index is 11.6. The predicted molar refractivity (Wildman–Crippen MR) is 78.9 cm³/mol. The Labute approximate surface area is 127 Å². The van der Waals surface area contributed by atoms with Gasteiger partial charge in [-0.3, -0.25) is 0 Å². The van der Waals surface area contributed by atoms with Crippen LogP contribution in [-0.2, 0) is 16.1 Å². The molecule has 0 aliphatic carbocycles. The van der Waals surface area contributed by atoms with Crippen LogP contribution in [0, 0.1) is 11.3 Å². The average molecular weight is 312 g/mol. The Bertz CT molecular complexity index is 538. The van der Waals surface area contributed by atoms with Crippen LogP contribution in [0.2, 0.25) is 5.15 Å². The fourth-order valence-corrected chi connectivity index (χ4v) is 2.01. The Kier molecular flexibility index (Phi) is 6.91. The van der Waals surface area contributed by atoms with Crippen molar-refractivity contribution in [2.24, 2.45) is 0 Å². The van der Waals surface area contributed by atoms with Gasteiger partial charge in [0, 0.05) is 12.7 Å². The number of halogens is 1. The molecule has 1 aromatic heterocycles. The van der Waals surface area contributed by atoms with Gasteiger partial charge in [0.1, 0.15) is 11.2 Å². The van der Waals surface area contributed by atoms with Crippen molar-refractivity contribution in [2.45, 2.75) is 13.5 Å². The minimum atomic E-state index is -0.624. The van der Waals surface area contributed by atoms with Gasteiger partial charge in [0.2, 0.25) is 0 Å². The van der Waals surface area contributed by atoms with E-state index >= 15 is 0 Å². The maximum atomic E-state index is 11.6. The van der Waals surface area contributed by atoms with Crippen molar-refractivity contribution in [2.75, 3.05) is 12.9 Å². The first kappa shape index (κ1) is 16.3. The second-order valence-corrected chi connectivity index (χ2v) is 4.79. The summed E-state index contributed by atoms with van der Waals surface area (Å²) in [5.74, 6) is -0.624. The summed E-state index contributed by atoms with van der Waals surface area (Å²) in [5.41, 5.74) is 0.864. The van der Waals surface area contributed by atoms with Crippen LogP contribution in [0.5, 0.6) is 0 Å². The number of hydrogen-bond acceptors (Lipinski definition) is 6. The fourth-order valence-electron chi connectivity index (χ4n) is 1.35. The quantitative estimate of drug-likeness (QED) is 0.376. The number of carbonyl (C=O) groups excluding carboxylic acids is 1. The van der Waals surface area contributed by atoms with Crippen LogP contribution in [-0.4, -0.2) is 23.8 Å². The van der Waals surface area contributed by atoms with Crippen molar-refractivity contribution < 1.29 is 9.53 Å². The van der Waals surface area contributed by atoms with Gasteiger partial charge in [-0.2, -0.15) is 5.26 Å². The number of ether oxygens (including phenoxy) is 1. The smallest absolute Gasteiger partial charge is 0.351 e. The van der Waals surface area contributed by atoms with Crippen molar-refractivity contribution in [3.63, 3.8) is 0 Å². The largest absolute Gasteiger partial charge is 0.462 e. The van der Waals surface area contributed by atoms with Crippen molar-refractivity contribution in [3.05, 3.63) is 39.6 Å². The minimum absolute atomic E-state index is 0.0266. The van der Waals surface area contributed by atoms with Crippen LogP contribution in [0.1, 0.15) is 12.5 Å². The van der Waals surface area contributed by atoms with Crippen molar-refractivity contribution >= 4 is 29.3 Å². The normalized spacial score (nSPS) is 11.3. The topological polar surface area (TPSA) is 75.0 Å². The van der Waals surface area contributed by atoms with Crippen LogP contribution in [0.3, 0.4) is 0 Å². The number of carbonyl (C=O) groups is 1. The summed E-state index contributed by atoms with van der Waals surface area (Å²) >= 11 is 6.98. The van der Waals surface area contributed by atoms with Crippen molar-refractivity contribution in [1.29, 1.82) is 5.26 Å². The van der Waals surface area contributed by atoms with Crippen LogP contribution < -0.4 is 5.32 Å². The molecule has 1 aromatic rings. The van der Waals surface area contributed by atoms with Crippen molar-refractivity contribution in [1.82, 2.24) is 10.3 Å². The van der Waals surface area contributed by atoms with Gasteiger partial charge in [0.15, 0.2) is 5.57 Å². The third kappa shape index (κ3) is 4.76. The first-order valence-electron chi connectivity index (χ1n) is 5.82. The van der Waals surface area contributed by atoms with E-state index < -0.39 is 5.97 Å². The van der Waals surface area contributed by atoms with Gasteiger partial charge in [-0.05, 0) is 24.8 Å². The number of thioether (sulfide) groups is 1. The molecule has 0 saturated carbocycles. The molecule has 0 spiro atoms. The first-order chi connectivity index (χ1) is 9.62. The third-order valence-corrected chi connectivity index (χ3v) is 3.24. The highest BCUT2D eigenvalue weighted by atomic mass is 35.5. The molecule has 106 valence electrons. The molecule has 0 aliphatic heterocycles. The van der Waals surface area contributed by atoms with E-state index in [-0.39, 0.29) is 12.2 Å². The molecule has 0 atom stereocenters. The van der Waals surface area contributed by atoms with Crippen LogP contribution in [0.4, 0.5) is 0 Å². The summed E-state index contributed by atoms with van der Waals surface area (Å²) in [6, 6.07) is 5.36. The molecule has 0 aromatic carbocycles. The molecule has 0 unspecified atom stereocenters. The molecule has 20 heavy (non-hydrogen) atoms. The molecule has 0 aliphatic rings. The van der Waals surface area contributed by atoms with Crippen LogP contribution in [0.25, 0.3) is 0 Å². The van der Waals surface area contributed by atoms with E-state index in [1.807, 2.05) is 12.1 Å². The zero-order valence-corrected chi connectivity index (χ0v) is 12.7. The number of nitrogens with one attached hydrogen (secondary N) is 1. The first-order valence-corrected chi connectivity index (χ1v) is 7.42. The Morgan fingerprint density at radius 2 is 2.35 bits per heavy atom. The van der Waals surface area contributed by atoms with Gasteiger partial charge in [-0.1, -0.05) is 17.7 Å². The highest BCUT2D eigenvalue weighted by Crippen LogP contribution is 2.16. The molecule has 0 radical (unpaired) electrons. The van der Waals surface area contributed by atoms with E-state index in [9.17, 15) is 4.79 Å². The van der Waals surface area contributed by atoms with Crippen LogP contribution in [0.15, 0.2) is 28.9 Å². The lowest BCUT2D eigenvalue weighted by atomic mass is 10.3. The van der Waals surface area contributed by atoms with E-state index in [2.05, 4.69) is 10.3 Å². The SMILES string of the molecule is CCOC(=O)/C(C#N)=C(/NCc1ccc(Cl)nc1)SC. The lowest BCUT2D eigenvalue weighted by molar-refractivity contribution is -0.138. The summed E-state index contributed by atoms with van der Waals surface area (Å²) in [6.07, 6.45) is 3.41. The number of esters is 1. The maximum Gasteiger partial charge on any atom is 0.351 e. The predicted octanol–water partition coefficient (Wildman–Crippen LogP) is 2.49. The van der Waals surface area contributed by atoms with Gasteiger partial charge in [-0.15, -0.1) is 11.8 Å². The standard InChI is InChI=1S/C13H14ClN3O2S/c1-3-19-13(18)10(6-15)12(20-2)17-8-9-4-5-11(14)16-7-9/h4-5,7,17H,3,8H2,1-2H3/b12-10-. The zero-order chi connectivity index (χ0) is 15.0. The second-order valence-electron chi connectivity index (χ2n) is 3.58. The molecule has 1 heterocycles. The van der Waals surface area contributed by atoms with Gasteiger partial charge in [0.25, 0.3) is 0 Å². The summed E-state index contributed by atoms with van der Waals surface area (Å²) < 4.78 is 4.84. The third-order valence-electron chi connectivity index (χ3n) is 2.26. The number of hydrogen-bond donors (Lipinski definition) is 1. The molecule has 1 rings (SSSR count). The molecule has 0 bridgehead atoms. The van der Waals surface area contributed by atoms with Crippen molar-refractivity contribution in [3.8, 4) is 6.07 Å². The molecule has 0 fully saturated rings. The highest BCUT2D eigenvalue weighted by molar-refractivity contribution is 8.02. The van der Waals surface area contributed by atoms with E-state index in [0.29, 0.717) is 16.7 Å². The number of pyridine rings is 1. The molecule has 5 nitrogen and oxygen atoms in total. The van der Waals surface area contributed by atoms with E-state index in [1.54, 1.807) is 25.4 Å². The number of aromatic nitrogens is 1. The average Bonchev–Trinajstić information content (AvgIpc) is 2.45. The Hall–Kier alpha value is -1.71. The van der Waals surface area contributed by atoms with Gasteiger partial charge >= 0.3 is 5.97 Å². The van der Waals surface area contributed by atoms with Crippen LogP contribution >= 0.6 is 23.4 Å². The molecule has 7 heteroatoms. The van der Waals surface area contributed by atoms with E-state index in [1.165, 1.54) is 11.8 Å². The van der Waals surface area contributed by atoms with Gasteiger partial charge < -0.3 is 10.1 Å². The monoisotopic (exact) mass is 311 g/mol. The molecule has 1 N–H and O–H groups in total. The Balaban J connectivity index is 2.81. The van der Waals surface area contributed by atoms with E-state index in [0.717, 1.165) is 5.56 Å². The number of nitriles is 1. The molecule has 0 saturated heterocycles. The number of rotatable bonds is 6. The summed E-state index contributed by atoms with van der Waals surface area (Å²) in [7, 11) is 0. The lowest BCUT2D eigenvalue weighted by Gasteiger charge is -2.10. The van der Waals surface area contributed by atoms with Gasteiger partial charge in [-0.25, -0.2) is 9.78 Å². The minimum Gasteiger partial charge on any atom is -0.462 e. The Morgan fingerprint density at radius 3 is 2.85 bits per heavy atom. The Morgan fingerprint density at radius 1 is 1.60 bits per heavy atom. The fraction of sp³-hybridized carbons (Fsp3) is 0.308. The lowest BCUT2D eigenvalue weighted by Crippen LogP contribution is -2.17. The summed E-state index contributed by atoms with van der Waals surface area (Å²) in [4.78, 5) is 15.6. The van der Waals surface area contributed by atoms with E-state index in [4.69, 9.17) is 21.6 Å². The number of nitrogens with zero attached hydrogens (tertiary/aromatic N) is 2. The second kappa shape index (κ2) is 8.46.